The topological polar surface area (TPSA) is 67.1 Å². The summed E-state index contributed by atoms with van der Waals surface area (Å²) in [7, 11) is 2.08. The first kappa shape index (κ1) is 10.2. The molecule has 6 heteroatoms. The largest absolute Gasteiger partial charge is 0.504 e. The molecule has 1 aliphatic heterocycles. The van der Waals surface area contributed by atoms with E-state index in [4.69, 9.17) is 0 Å². The molecule has 0 bridgehead atoms. The van der Waals surface area contributed by atoms with Gasteiger partial charge in [0.05, 0.1) is 18.1 Å². The fourth-order valence-electron chi connectivity index (χ4n) is 2.10. The average Bonchev–Trinajstić information content (AvgIpc) is 2.72. The highest BCUT2D eigenvalue weighted by Crippen LogP contribution is 2.26. The fourth-order valence-corrected chi connectivity index (χ4v) is 2.10. The quantitative estimate of drug-likeness (QED) is 0.773. The molecule has 6 nitrogen and oxygen atoms in total. The van der Waals surface area contributed by atoms with Crippen molar-refractivity contribution in [1.82, 2.24) is 24.4 Å². The maximum Gasteiger partial charge on any atom is 0.163 e. The van der Waals surface area contributed by atoms with Crippen LogP contribution in [0.2, 0.25) is 0 Å². The smallest absolute Gasteiger partial charge is 0.163 e. The molecule has 3 heterocycles. The summed E-state index contributed by atoms with van der Waals surface area (Å²) in [6.07, 6.45) is 4.65. The lowest BCUT2D eigenvalue weighted by Gasteiger charge is -2.24. The Balaban J connectivity index is 2.09. The Morgan fingerprint density at radius 3 is 2.94 bits per heavy atom. The van der Waals surface area contributed by atoms with Crippen LogP contribution in [0.5, 0.6) is 5.75 Å². The van der Waals surface area contributed by atoms with E-state index < -0.39 is 0 Å². The van der Waals surface area contributed by atoms with E-state index >= 15 is 0 Å². The third-order valence-corrected chi connectivity index (χ3v) is 2.98. The lowest BCUT2D eigenvalue weighted by molar-refractivity contribution is 0.271. The molecule has 2 aromatic rings. The van der Waals surface area contributed by atoms with Crippen molar-refractivity contribution in [3.05, 3.63) is 24.4 Å². The summed E-state index contributed by atoms with van der Waals surface area (Å²) in [5, 5.41) is 9.75. The Bertz CT molecular complexity index is 551. The monoisotopic (exact) mass is 231 g/mol. The molecular formula is C11H13N5O. The molecule has 0 aromatic carbocycles. The summed E-state index contributed by atoms with van der Waals surface area (Å²) in [5.41, 5.74) is 1.64. The van der Waals surface area contributed by atoms with E-state index in [2.05, 4.69) is 31.5 Å². The van der Waals surface area contributed by atoms with Gasteiger partial charge in [-0.15, -0.1) is 0 Å². The molecule has 0 spiro atoms. The van der Waals surface area contributed by atoms with Crippen LogP contribution in [-0.4, -0.2) is 43.1 Å². The van der Waals surface area contributed by atoms with E-state index in [9.17, 15) is 5.11 Å². The van der Waals surface area contributed by atoms with E-state index in [1.165, 1.54) is 12.5 Å². The van der Waals surface area contributed by atoms with Gasteiger partial charge >= 0.3 is 0 Å². The molecule has 3 rings (SSSR count). The van der Waals surface area contributed by atoms with Crippen molar-refractivity contribution >= 4 is 0 Å². The molecule has 2 aromatic heterocycles. The van der Waals surface area contributed by atoms with Gasteiger partial charge in [0.2, 0.25) is 0 Å². The van der Waals surface area contributed by atoms with Crippen LogP contribution in [0.1, 0.15) is 5.69 Å². The van der Waals surface area contributed by atoms with Crippen LogP contribution in [0, 0.1) is 0 Å². The minimum absolute atomic E-state index is 0.0693. The van der Waals surface area contributed by atoms with Gasteiger partial charge in [-0.05, 0) is 7.05 Å². The van der Waals surface area contributed by atoms with Crippen LogP contribution in [0.4, 0.5) is 0 Å². The number of hydrogen-bond donors (Lipinski definition) is 1. The van der Waals surface area contributed by atoms with Gasteiger partial charge in [-0.1, -0.05) is 0 Å². The van der Waals surface area contributed by atoms with E-state index in [1.54, 1.807) is 0 Å². The van der Waals surface area contributed by atoms with Crippen LogP contribution < -0.4 is 0 Å². The number of likely N-dealkylation sites (N-methyl/N-ethyl adjacent to an activating group) is 1. The SMILES string of the molecule is CN1CCn2c(cnc2-c2ncncc2O)C1. The Morgan fingerprint density at radius 1 is 1.24 bits per heavy atom. The number of hydrogen-bond acceptors (Lipinski definition) is 5. The van der Waals surface area contributed by atoms with E-state index in [0.29, 0.717) is 11.5 Å². The highest BCUT2D eigenvalue weighted by Gasteiger charge is 2.20. The molecule has 0 aliphatic carbocycles. The minimum Gasteiger partial charge on any atom is -0.504 e. The number of fused-ring (bicyclic) bond motifs is 1. The van der Waals surface area contributed by atoms with Crippen molar-refractivity contribution in [1.29, 1.82) is 0 Å². The maximum absolute atomic E-state index is 9.75. The van der Waals surface area contributed by atoms with Crippen LogP contribution in [0.25, 0.3) is 11.5 Å². The third kappa shape index (κ3) is 1.66. The first-order chi connectivity index (χ1) is 8.25. The maximum atomic E-state index is 9.75. The molecule has 1 aliphatic rings. The van der Waals surface area contributed by atoms with Gasteiger partial charge in [0.1, 0.15) is 6.33 Å². The van der Waals surface area contributed by atoms with Gasteiger partial charge in [-0.25, -0.2) is 15.0 Å². The van der Waals surface area contributed by atoms with Crippen molar-refractivity contribution in [3.8, 4) is 17.3 Å². The first-order valence-electron chi connectivity index (χ1n) is 5.48. The molecule has 17 heavy (non-hydrogen) atoms. The minimum atomic E-state index is 0.0693. The van der Waals surface area contributed by atoms with Gasteiger partial charge in [-0.3, -0.25) is 4.90 Å². The molecule has 0 amide bonds. The van der Waals surface area contributed by atoms with Crippen LogP contribution in [-0.2, 0) is 13.1 Å². The van der Waals surface area contributed by atoms with E-state index in [1.807, 2.05) is 6.20 Å². The summed E-state index contributed by atoms with van der Waals surface area (Å²) in [4.78, 5) is 14.4. The zero-order valence-corrected chi connectivity index (χ0v) is 9.54. The van der Waals surface area contributed by atoms with Gasteiger partial charge < -0.3 is 9.67 Å². The number of aromatic hydroxyl groups is 1. The molecular weight excluding hydrogens is 218 g/mol. The molecule has 0 atom stereocenters. The molecule has 0 unspecified atom stereocenters. The van der Waals surface area contributed by atoms with Crippen molar-refractivity contribution in [2.75, 3.05) is 13.6 Å². The third-order valence-electron chi connectivity index (χ3n) is 2.98. The zero-order chi connectivity index (χ0) is 11.8. The summed E-state index contributed by atoms with van der Waals surface area (Å²) >= 11 is 0. The van der Waals surface area contributed by atoms with Crippen LogP contribution in [0.3, 0.4) is 0 Å². The summed E-state index contributed by atoms with van der Waals surface area (Å²) < 4.78 is 2.10. The molecule has 0 saturated carbocycles. The van der Waals surface area contributed by atoms with Crippen molar-refractivity contribution in [2.45, 2.75) is 13.1 Å². The van der Waals surface area contributed by atoms with Gasteiger partial charge in [-0.2, -0.15) is 0 Å². The lowest BCUT2D eigenvalue weighted by Crippen LogP contribution is -2.30. The molecule has 0 radical (unpaired) electrons. The summed E-state index contributed by atoms with van der Waals surface area (Å²) in [6, 6.07) is 0. The molecule has 1 N–H and O–H groups in total. The van der Waals surface area contributed by atoms with Gasteiger partial charge in [0.15, 0.2) is 17.3 Å². The normalized spacial score (nSPS) is 15.8. The standard InChI is InChI=1S/C11H13N5O/c1-15-2-3-16-8(6-15)4-13-11(16)10-9(17)5-12-7-14-10/h4-5,7,17H,2-3,6H2,1H3. The van der Waals surface area contributed by atoms with E-state index in [-0.39, 0.29) is 5.75 Å². The zero-order valence-electron chi connectivity index (χ0n) is 9.54. The predicted octanol–water partition coefficient (Wildman–Crippen LogP) is 0.491. The number of nitrogens with zero attached hydrogens (tertiary/aromatic N) is 5. The van der Waals surface area contributed by atoms with Crippen molar-refractivity contribution in [2.24, 2.45) is 0 Å². The average molecular weight is 231 g/mol. The highest BCUT2D eigenvalue weighted by molar-refractivity contribution is 5.58. The van der Waals surface area contributed by atoms with Crippen molar-refractivity contribution < 1.29 is 5.11 Å². The second-order valence-corrected chi connectivity index (χ2v) is 4.22. The Morgan fingerprint density at radius 2 is 2.12 bits per heavy atom. The number of rotatable bonds is 1. The summed E-state index contributed by atoms with van der Waals surface area (Å²) in [6.45, 7) is 2.71. The number of aromatic nitrogens is 4. The van der Waals surface area contributed by atoms with Crippen LogP contribution in [0.15, 0.2) is 18.7 Å². The molecule has 0 saturated heterocycles. The predicted molar refractivity (Wildman–Crippen MR) is 61.3 cm³/mol. The number of imidazole rings is 1. The highest BCUT2D eigenvalue weighted by atomic mass is 16.3. The summed E-state index contributed by atoms with van der Waals surface area (Å²) in [5.74, 6) is 0.785. The van der Waals surface area contributed by atoms with Gasteiger partial charge in [0.25, 0.3) is 0 Å². The Labute approximate surface area is 98.6 Å². The first-order valence-corrected chi connectivity index (χ1v) is 5.48. The van der Waals surface area contributed by atoms with Crippen molar-refractivity contribution in [3.63, 3.8) is 0 Å². The Kier molecular flexibility index (Phi) is 2.29. The Hall–Kier alpha value is -1.95. The molecule has 0 fully saturated rings. The van der Waals surface area contributed by atoms with Crippen LogP contribution >= 0.6 is 0 Å². The lowest BCUT2D eigenvalue weighted by atomic mass is 10.3. The molecule has 88 valence electrons. The second kappa shape index (κ2) is 3.81. The van der Waals surface area contributed by atoms with Gasteiger partial charge in [0, 0.05) is 19.6 Å². The van der Waals surface area contributed by atoms with E-state index in [0.717, 1.165) is 25.3 Å². The fraction of sp³-hybridized carbons (Fsp3) is 0.364. The second-order valence-electron chi connectivity index (χ2n) is 4.22.